The van der Waals surface area contributed by atoms with Crippen LogP contribution in [0.25, 0.3) is 0 Å². The van der Waals surface area contributed by atoms with Crippen LogP contribution >= 0.6 is 11.8 Å². The molecule has 4 rings (SSSR count). The summed E-state index contributed by atoms with van der Waals surface area (Å²) in [6.07, 6.45) is 0.508. The highest BCUT2D eigenvalue weighted by molar-refractivity contribution is 8.13. The number of halogens is 2. The number of alkyl halides is 2. The second kappa shape index (κ2) is 6.70. The van der Waals surface area contributed by atoms with Gasteiger partial charge in [0.15, 0.2) is 11.5 Å². The molecule has 4 unspecified atom stereocenters. The van der Waals surface area contributed by atoms with Crippen molar-refractivity contribution in [2.24, 2.45) is 28.6 Å². The van der Waals surface area contributed by atoms with Gasteiger partial charge in [0, 0.05) is 16.7 Å². The highest BCUT2D eigenvalue weighted by Crippen LogP contribution is 2.71. The maximum atomic E-state index is 16.9. The summed E-state index contributed by atoms with van der Waals surface area (Å²) in [7, 11) is 0. The fraction of sp³-hybridized carbons (Fsp3) is 0.727. The summed E-state index contributed by atoms with van der Waals surface area (Å²) < 4.78 is 32.2. The summed E-state index contributed by atoms with van der Waals surface area (Å²) in [5, 5.41) is 31.3. The number of thioether (sulfide) groups is 1. The van der Waals surface area contributed by atoms with Crippen LogP contribution in [-0.4, -0.2) is 55.7 Å². The van der Waals surface area contributed by atoms with E-state index < -0.39 is 69.0 Å². The molecule has 0 bridgehead atoms. The summed E-state index contributed by atoms with van der Waals surface area (Å²) in [4.78, 5) is 24.7. The van der Waals surface area contributed by atoms with Crippen LogP contribution in [0.15, 0.2) is 23.8 Å². The predicted octanol–water partition coefficient (Wildman–Crippen LogP) is 2.49. The quantitative estimate of drug-likeness (QED) is 0.569. The van der Waals surface area contributed by atoms with Crippen LogP contribution in [0, 0.1) is 28.6 Å². The maximum Gasteiger partial charge on any atom is 0.223 e. The highest BCUT2D eigenvalue weighted by Gasteiger charge is 2.76. The Morgan fingerprint density at radius 2 is 1.97 bits per heavy atom. The molecule has 4 aliphatic rings. The number of aliphatic hydroxyl groups excluding tert-OH is 2. The predicted molar refractivity (Wildman–Crippen MR) is 108 cm³/mol. The number of ketones is 1. The molecule has 30 heavy (non-hydrogen) atoms. The average molecular weight is 443 g/mol. The van der Waals surface area contributed by atoms with E-state index in [1.54, 1.807) is 13.8 Å². The van der Waals surface area contributed by atoms with E-state index in [2.05, 4.69) is 0 Å². The maximum absolute atomic E-state index is 16.9. The van der Waals surface area contributed by atoms with Crippen LogP contribution in [0.1, 0.15) is 40.0 Å². The van der Waals surface area contributed by atoms with E-state index in [9.17, 15) is 24.9 Å². The number of carbonyl (C=O) groups excluding carboxylic acids is 2. The van der Waals surface area contributed by atoms with Gasteiger partial charge in [-0.25, -0.2) is 8.78 Å². The fourth-order valence-corrected chi connectivity index (χ4v) is 7.92. The number of fused-ring (bicyclic) bond motifs is 5. The molecule has 0 amide bonds. The number of rotatable bonds is 2. The molecule has 166 valence electrons. The van der Waals surface area contributed by atoms with Crippen molar-refractivity contribution in [3.8, 4) is 0 Å². The molecule has 9 atom stereocenters. The zero-order valence-corrected chi connectivity index (χ0v) is 18.1. The molecule has 0 aromatic carbocycles. The Balaban J connectivity index is 1.84. The van der Waals surface area contributed by atoms with Crippen LogP contribution in [0.3, 0.4) is 0 Å². The van der Waals surface area contributed by atoms with E-state index in [-0.39, 0.29) is 18.4 Å². The molecule has 0 saturated heterocycles. The van der Waals surface area contributed by atoms with Crippen molar-refractivity contribution < 1.29 is 33.7 Å². The molecule has 3 N–H and O–H groups in total. The number of hydrogen-bond acceptors (Lipinski definition) is 6. The van der Waals surface area contributed by atoms with E-state index in [0.29, 0.717) is 18.2 Å². The van der Waals surface area contributed by atoms with E-state index in [0.717, 1.165) is 6.08 Å². The lowest BCUT2D eigenvalue weighted by Gasteiger charge is -2.63. The summed E-state index contributed by atoms with van der Waals surface area (Å²) in [6, 6.07) is 0. The van der Waals surface area contributed by atoms with E-state index in [1.807, 2.05) is 0 Å². The molecule has 0 aromatic heterocycles. The van der Waals surface area contributed by atoms with Crippen molar-refractivity contribution in [1.82, 2.24) is 0 Å². The van der Waals surface area contributed by atoms with E-state index in [1.165, 1.54) is 19.1 Å². The summed E-state index contributed by atoms with van der Waals surface area (Å²) in [5.41, 5.74) is -6.71. The summed E-state index contributed by atoms with van der Waals surface area (Å²) >= 11 is 0.593. The minimum atomic E-state index is -2.24. The van der Waals surface area contributed by atoms with Gasteiger partial charge in [-0.05, 0) is 55.7 Å². The van der Waals surface area contributed by atoms with Crippen LogP contribution in [-0.2, 0) is 9.59 Å². The Labute approximate surface area is 178 Å². The van der Waals surface area contributed by atoms with Gasteiger partial charge >= 0.3 is 0 Å². The number of carbonyl (C=O) groups is 2. The summed E-state index contributed by atoms with van der Waals surface area (Å²) in [5.74, 6) is -2.93. The minimum Gasteiger partial charge on any atom is -0.390 e. The third kappa shape index (κ3) is 2.39. The van der Waals surface area contributed by atoms with Crippen molar-refractivity contribution in [1.29, 1.82) is 0 Å². The SMILES string of the molecule is C[C@@H]1CC2C3C[C@H](F)C4=CC(=O)C=CC4(C)[C@@]3(F)[C@@H](O)CC2(C)[C@@]1(O)C(=O)SCO. The fourth-order valence-electron chi connectivity index (χ4n) is 7.14. The molecule has 0 radical (unpaired) electrons. The first-order valence-electron chi connectivity index (χ1n) is 10.3. The lowest BCUT2D eigenvalue weighted by atomic mass is 9.44. The Kier molecular flexibility index (Phi) is 4.94. The first kappa shape index (κ1) is 22.1. The molecule has 3 fully saturated rings. The molecule has 0 spiro atoms. The number of aliphatic hydroxyl groups is 3. The minimum absolute atomic E-state index is 0.0459. The Morgan fingerprint density at radius 1 is 1.30 bits per heavy atom. The molecule has 0 aliphatic heterocycles. The summed E-state index contributed by atoms with van der Waals surface area (Å²) in [6.45, 7) is 4.89. The third-order valence-electron chi connectivity index (χ3n) is 8.72. The van der Waals surface area contributed by atoms with Gasteiger partial charge < -0.3 is 15.3 Å². The highest BCUT2D eigenvalue weighted by atomic mass is 32.2. The molecule has 0 aromatic rings. The molecule has 0 heterocycles. The standard InChI is InChI=1S/C22H28F2O5S/c1-11-6-13-14-8-16(23)15-7-12(26)4-5-19(15,2)21(14,24)17(27)9-20(13,3)22(11,29)18(28)30-10-25/h4-5,7,11,13-14,16-17,25,27,29H,6,8-10H2,1-3H3/t11-,13?,14?,16+,17+,19?,20?,21+,22+/m1/s1. The monoisotopic (exact) mass is 442 g/mol. The lowest BCUT2D eigenvalue weighted by molar-refractivity contribution is -0.221. The Bertz CT molecular complexity index is 860. The topological polar surface area (TPSA) is 94.8 Å². The van der Waals surface area contributed by atoms with Crippen LogP contribution < -0.4 is 0 Å². The largest absolute Gasteiger partial charge is 0.390 e. The third-order valence-corrected chi connectivity index (χ3v) is 9.42. The van der Waals surface area contributed by atoms with Crippen molar-refractivity contribution in [2.45, 2.75) is 63.6 Å². The molecular weight excluding hydrogens is 414 g/mol. The zero-order valence-electron chi connectivity index (χ0n) is 17.3. The first-order valence-corrected chi connectivity index (χ1v) is 11.3. The van der Waals surface area contributed by atoms with Gasteiger partial charge in [-0.3, -0.25) is 9.59 Å². The second-order valence-electron chi connectivity index (χ2n) is 9.82. The van der Waals surface area contributed by atoms with Crippen molar-refractivity contribution in [3.63, 3.8) is 0 Å². The number of allylic oxidation sites excluding steroid dienone is 4. The van der Waals surface area contributed by atoms with Gasteiger partial charge in [-0.2, -0.15) is 0 Å². The van der Waals surface area contributed by atoms with Gasteiger partial charge in [0.2, 0.25) is 5.12 Å². The van der Waals surface area contributed by atoms with Crippen LogP contribution in [0.5, 0.6) is 0 Å². The van der Waals surface area contributed by atoms with Crippen LogP contribution in [0.4, 0.5) is 8.78 Å². The second-order valence-corrected chi connectivity index (χ2v) is 10.7. The molecule has 4 aliphatic carbocycles. The van der Waals surface area contributed by atoms with Crippen LogP contribution in [0.2, 0.25) is 0 Å². The molecule has 8 heteroatoms. The van der Waals surface area contributed by atoms with Gasteiger partial charge in [0.05, 0.1) is 12.0 Å². The number of hydrogen-bond donors (Lipinski definition) is 3. The van der Waals surface area contributed by atoms with E-state index >= 15 is 8.78 Å². The van der Waals surface area contributed by atoms with Crippen molar-refractivity contribution >= 4 is 22.7 Å². The molecular formula is C22H28F2O5S. The van der Waals surface area contributed by atoms with E-state index in [4.69, 9.17) is 0 Å². The lowest BCUT2D eigenvalue weighted by Crippen LogP contribution is -2.70. The van der Waals surface area contributed by atoms with Gasteiger partial charge in [0.25, 0.3) is 0 Å². The zero-order chi connectivity index (χ0) is 22.3. The Morgan fingerprint density at radius 3 is 2.60 bits per heavy atom. The van der Waals surface area contributed by atoms with Crippen molar-refractivity contribution in [3.05, 3.63) is 23.8 Å². The van der Waals surface area contributed by atoms with Gasteiger partial charge in [-0.15, -0.1) is 0 Å². The van der Waals surface area contributed by atoms with Gasteiger partial charge in [-0.1, -0.05) is 31.7 Å². The Hall–Kier alpha value is -1.09. The van der Waals surface area contributed by atoms with Gasteiger partial charge in [0.1, 0.15) is 11.8 Å². The molecule has 3 saturated carbocycles. The average Bonchev–Trinajstić information content (AvgIpc) is 2.88. The normalized spacial score (nSPS) is 52.3. The van der Waals surface area contributed by atoms with Crippen molar-refractivity contribution in [2.75, 3.05) is 5.94 Å². The molecule has 5 nitrogen and oxygen atoms in total. The smallest absolute Gasteiger partial charge is 0.223 e. The first-order chi connectivity index (χ1) is 13.9.